The van der Waals surface area contributed by atoms with Crippen LogP contribution in [0.1, 0.15) is 17.2 Å². The van der Waals surface area contributed by atoms with Crippen molar-refractivity contribution in [1.29, 1.82) is 0 Å². The van der Waals surface area contributed by atoms with Crippen molar-refractivity contribution in [3.63, 3.8) is 0 Å². The fourth-order valence-electron chi connectivity index (χ4n) is 1.58. The van der Waals surface area contributed by atoms with E-state index in [4.69, 9.17) is 0 Å². The van der Waals surface area contributed by atoms with E-state index in [9.17, 15) is 0 Å². The van der Waals surface area contributed by atoms with Gasteiger partial charge in [0.25, 0.3) is 0 Å². The molecule has 74 valence electrons. The van der Waals surface area contributed by atoms with E-state index in [0.29, 0.717) is 0 Å². The molecule has 0 amide bonds. The molecule has 1 unspecified atom stereocenters. The molecule has 1 heteroatoms. The Bertz CT molecular complexity index is 326. The van der Waals surface area contributed by atoms with Gasteiger partial charge in [-0.25, -0.2) is 0 Å². The van der Waals surface area contributed by atoms with Gasteiger partial charge in [-0.2, -0.15) is 0 Å². The van der Waals surface area contributed by atoms with Crippen LogP contribution in [0.5, 0.6) is 0 Å². The van der Waals surface area contributed by atoms with Gasteiger partial charge in [0, 0.05) is 0 Å². The van der Waals surface area contributed by atoms with Crippen molar-refractivity contribution in [1.82, 2.24) is 4.90 Å². The van der Waals surface area contributed by atoms with Gasteiger partial charge in [-0.15, -0.1) is 6.58 Å². The average Bonchev–Trinajstić information content (AvgIpc) is 2.19. The Morgan fingerprint density at radius 2 is 1.86 bits per heavy atom. The second kappa shape index (κ2) is 4.77. The van der Waals surface area contributed by atoms with Gasteiger partial charge in [0.2, 0.25) is 0 Å². The second-order valence-electron chi connectivity index (χ2n) is 3.48. The lowest BCUT2D eigenvalue weighted by molar-refractivity contribution is 0.351. The quantitative estimate of drug-likeness (QED) is 0.655. The van der Waals surface area contributed by atoms with Crippen molar-refractivity contribution < 1.29 is 0 Å². The molecule has 0 bridgehead atoms. The molecule has 0 aliphatic carbocycles. The van der Waals surface area contributed by atoms with Crippen molar-refractivity contribution in [2.24, 2.45) is 0 Å². The number of likely N-dealkylation sites (N-methyl/N-ethyl adjacent to an activating group) is 1. The smallest absolute Gasteiger partial charge is 0.0529 e. The zero-order valence-corrected chi connectivity index (χ0v) is 8.90. The Labute approximate surface area is 86.4 Å². The van der Waals surface area contributed by atoms with Crippen LogP contribution in [0.3, 0.4) is 0 Å². The molecule has 0 aliphatic heterocycles. The summed E-state index contributed by atoms with van der Waals surface area (Å²) >= 11 is 0. The predicted octanol–water partition coefficient (Wildman–Crippen LogP) is 3.12. The first-order chi connectivity index (χ1) is 6.70. The summed E-state index contributed by atoms with van der Waals surface area (Å²) in [5.41, 5.74) is 2.42. The number of hydrogen-bond acceptors (Lipinski definition) is 1. The van der Waals surface area contributed by atoms with Crippen molar-refractivity contribution in [2.75, 3.05) is 14.1 Å². The number of hydrogen-bond donors (Lipinski definition) is 0. The molecule has 0 N–H and O–H groups in total. The van der Waals surface area contributed by atoms with E-state index in [1.807, 2.05) is 38.4 Å². The highest BCUT2D eigenvalue weighted by atomic mass is 15.1. The van der Waals surface area contributed by atoms with Crippen molar-refractivity contribution in [2.45, 2.75) is 6.04 Å². The van der Waals surface area contributed by atoms with Crippen LogP contribution in [-0.4, -0.2) is 19.0 Å². The Morgan fingerprint density at radius 1 is 1.21 bits per heavy atom. The first-order valence-corrected chi connectivity index (χ1v) is 4.71. The van der Waals surface area contributed by atoms with Crippen LogP contribution in [0.4, 0.5) is 0 Å². The maximum atomic E-state index is 3.86. The van der Waals surface area contributed by atoms with Gasteiger partial charge >= 0.3 is 0 Å². The van der Waals surface area contributed by atoms with E-state index >= 15 is 0 Å². The van der Waals surface area contributed by atoms with Gasteiger partial charge in [-0.1, -0.05) is 43.0 Å². The lowest BCUT2D eigenvalue weighted by Gasteiger charge is -2.22. The fraction of sp³-hybridized carbons (Fsp3) is 0.231. The van der Waals surface area contributed by atoms with E-state index in [2.05, 4.69) is 30.2 Å². The van der Waals surface area contributed by atoms with Gasteiger partial charge in [-0.05, 0) is 25.2 Å². The van der Waals surface area contributed by atoms with E-state index < -0.39 is 0 Å². The molecule has 0 heterocycles. The molecule has 14 heavy (non-hydrogen) atoms. The molecule has 0 saturated heterocycles. The summed E-state index contributed by atoms with van der Waals surface area (Å²) in [4.78, 5) is 2.13. The zero-order chi connectivity index (χ0) is 10.6. The predicted molar refractivity (Wildman–Crippen MR) is 63.2 cm³/mol. The molecule has 1 nitrogen and oxygen atoms in total. The first kappa shape index (κ1) is 10.7. The molecular weight excluding hydrogens is 170 g/mol. The van der Waals surface area contributed by atoms with Gasteiger partial charge in [-0.3, -0.25) is 4.90 Å². The SMILES string of the molecule is C=Cc1ccccc1C(C=C)N(C)C. The van der Waals surface area contributed by atoms with Gasteiger partial charge < -0.3 is 0 Å². The summed E-state index contributed by atoms with van der Waals surface area (Å²) in [5.74, 6) is 0. The van der Waals surface area contributed by atoms with Crippen LogP contribution >= 0.6 is 0 Å². The van der Waals surface area contributed by atoms with Crippen LogP contribution in [0.2, 0.25) is 0 Å². The standard InChI is InChI=1S/C13H17N/c1-5-11-9-7-8-10-12(11)13(6-2)14(3)4/h5-10,13H,1-2H2,3-4H3. The molecule has 0 saturated carbocycles. The highest BCUT2D eigenvalue weighted by Gasteiger charge is 2.11. The third-order valence-electron chi connectivity index (χ3n) is 2.31. The molecule has 1 atom stereocenters. The van der Waals surface area contributed by atoms with Crippen LogP contribution in [-0.2, 0) is 0 Å². The Hall–Kier alpha value is -1.34. The lowest BCUT2D eigenvalue weighted by Crippen LogP contribution is -2.18. The number of rotatable bonds is 4. The largest absolute Gasteiger partial charge is 0.299 e. The minimum atomic E-state index is 0.254. The average molecular weight is 187 g/mol. The summed E-state index contributed by atoms with van der Waals surface area (Å²) in [6.07, 6.45) is 3.83. The molecule has 0 aromatic heterocycles. The Kier molecular flexibility index (Phi) is 3.66. The van der Waals surface area contributed by atoms with Crippen LogP contribution in [0.25, 0.3) is 6.08 Å². The van der Waals surface area contributed by atoms with E-state index in [0.717, 1.165) is 0 Å². The zero-order valence-electron chi connectivity index (χ0n) is 8.90. The highest BCUT2D eigenvalue weighted by Crippen LogP contribution is 2.23. The molecule has 1 aromatic rings. The Balaban J connectivity index is 3.14. The maximum Gasteiger partial charge on any atom is 0.0529 e. The molecule has 1 rings (SSSR count). The molecule has 0 radical (unpaired) electrons. The summed E-state index contributed by atoms with van der Waals surface area (Å²) in [6, 6.07) is 8.51. The van der Waals surface area contributed by atoms with Crippen LogP contribution in [0.15, 0.2) is 43.5 Å². The molecular formula is C13H17N. The lowest BCUT2D eigenvalue weighted by atomic mass is 10.00. The number of nitrogens with zero attached hydrogens (tertiary/aromatic N) is 1. The topological polar surface area (TPSA) is 3.24 Å². The highest BCUT2D eigenvalue weighted by molar-refractivity contribution is 5.53. The summed E-state index contributed by atoms with van der Waals surface area (Å²) < 4.78 is 0. The summed E-state index contributed by atoms with van der Waals surface area (Å²) in [6.45, 7) is 7.67. The maximum absolute atomic E-state index is 3.86. The Morgan fingerprint density at radius 3 is 2.36 bits per heavy atom. The third-order valence-corrected chi connectivity index (χ3v) is 2.31. The fourth-order valence-corrected chi connectivity index (χ4v) is 1.58. The van der Waals surface area contributed by atoms with Crippen molar-refractivity contribution in [3.8, 4) is 0 Å². The molecule has 0 fully saturated rings. The van der Waals surface area contributed by atoms with E-state index in [-0.39, 0.29) is 6.04 Å². The third kappa shape index (κ3) is 2.12. The molecule has 1 aromatic carbocycles. The molecule has 0 aliphatic rings. The van der Waals surface area contributed by atoms with Gasteiger partial charge in [0.1, 0.15) is 0 Å². The monoisotopic (exact) mass is 187 g/mol. The normalized spacial score (nSPS) is 12.5. The van der Waals surface area contributed by atoms with Gasteiger partial charge in [0.15, 0.2) is 0 Å². The first-order valence-electron chi connectivity index (χ1n) is 4.71. The minimum absolute atomic E-state index is 0.254. The van der Waals surface area contributed by atoms with E-state index in [1.165, 1.54) is 11.1 Å². The summed E-state index contributed by atoms with van der Waals surface area (Å²) in [5, 5.41) is 0. The van der Waals surface area contributed by atoms with Crippen LogP contribution in [0, 0.1) is 0 Å². The van der Waals surface area contributed by atoms with Crippen molar-refractivity contribution >= 4 is 6.08 Å². The molecule has 0 spiro atoms. The van der Waals surface area contributed by atoms with Crippen molar-refractivity contribution in [3.05, 3.63) is 54.6 Å². The van der Waals surface area contributed by atoms with Crippen LogP contribution < -0.4 is 0 Å². The summed E-state index contributed by atoms with van der Waals surface area (Å²) in [7, 11) is 4.10. The second-order valence-corrected chi connectivity index (χ2v) is 3.48. The minimum Gasteiger partial charge on any atom is -0.299 e. The van der Waals surface area contributed by atoms with E-state index in [1.54, 1.807) is 0 Å². The van der Waals surface area contributed by atoms with Gasteiger partial charge in [0.05, 0.1) is 6.04 Å². The number of benzene rings is 1.